The van der Waals surface area contributed by atoms with E-state index >= 15 is 0 Å². The summed E-state index contributed by atoms with van der Waals surface area (Å²) in [5.74, 6) is 0.424. The first-order valence-electron chi connectivity index (χ1n) is 6.72. The SMILES string of the molecule is CNC(COc1ccc(F)cc1)c1cc(C)cc(C)c1. The van der Waals surface area contributed by atoms with Gasteiger partial charge in [-0.25, -0.2) is 4.39 Å². The molecule has 0 aliphatic rings. The van der Waals surface area contributed by atoms with Crippen LogP contribution in [0.2, 0.25) is 0 Å². The van der Waals surface area contributed by atoms with Crippen LogP contribution in [0.5, 0.6) is 5.75 Å². The number of hydrogen-bond acceptors (Lipinski definition) is 2. The maximum atomic E-state index is 12.8. The van der Waals surface area contributed by atoms with E-state index in [-0.39, 0.29) is 11.9 Å². The third kappa shape index (κ3) is 3.81. The van der Waals surface area contributed by atoms with Gasteiger partial charge < -0.3 is 10.1 Å². The Balaban J connectivity index is 2.07. The van der Waals surface area contributed by atoms with Gasteiger partial charge in [-0.05, 0) is 50.7 Å². The van der Waals surface area contributed by atoms with Gasteiger partial charge in [0.25, 0.3) is 0 Å². The van der Waals surface area contributed by atoms with E-state index in [1.54, 1.807) is 12.1 Å². The van der Waals surface area contributed by atoms with Crippen LogP contribution >= 0.6 is 0 Å². The largest absolute Gasteiger partial charge is 0.492 e. The summed E-state index contributed by atoms with van der Waals surface area (Å²) in [5, 5.41) is 3.26. The van der Waals surface area contributed by atoms with Crippen LogP contribution in [-0.2, 0) is 0 Å². The van der Waals surface area contributed by atoms with Crippen molar-refractivity contribution in [3.63, 3.8) is 0 Å². The molecule has 0 aliphatic carbocycles. The Morgan fingerprint density at radius 1 is 1.05 bits per heavy atom. The lowest BCUT2D eigenvalue weighted by molar-refractivity contribution is 0.272. The lowest BCUT2D eigenvalue weighted by atomic mass is 10.0. The standard InChI is InChI=1S/C17H20FNO/c1-12-8-13(2)10-14(9-12)17(19-3)11-20-16-6-4-15(18)5-7-16/h4-10,17,19H,11H2,1-3H3. The summed E-state index contributed by atoms with van der Waals surface area (Å²) < 4.78 is 18.6. The number of nitrogens with one attached hydrogen (secondary N) is 1. The Bertz CT molecular complexity index is 545. The van der Waals surface area contributed by atoms with Crippen molar-refractivity contribution in [3.05, 3.63) is 65.0 Å². The molecule has 1 unspecified atom stereocenters. The monoisotopic (exact) mass is 273 g/mol. The highest BCUT2D eigenvalue weighted by molar-refractivity contribution is 5.31. The molecule has 0 amide bonds. The number of aryl methyl sites for hydroxylation is 2. The first-order valence-corrected chi connectivity index (χ1v) is 6.72. The summed E-state index contributed by atoms with van der Waals surface area (Å²) in [7, 11) is 1.91. The molecule has 1 N–H and O–H groups in total. The van der Waals surface area contributed by atoms with E-state index in [2.05, 4.69) is 37.4 Å². The summed E-state index contributed by atoms with van der Waals surface area (Å²) in [6, 6.07) is 12.7. The first kappa shape index (κ1) is 14.5. The Hall–Kier alpha value is -1.87. The third-order valence-electron chi connectivity index (χ3n) is 3.23. The van der Waals surface area contributed by atoms with Crippen LogP contribution < -0.4 is 10.1 Å². The number of hydrogen-bond donors (Lipinski definition) is 1. The summed E-state index contributed by atoms with van der Waals surface area (Å²) in [6.07, 6.45) is 0. The predicted octanol–water partition coefficient (Wildman–Crippen LogP) is 3.78. The molecular weight excluding hydrogens is 253 g/mol. The van der Waals surface area contributed by atoms with Gasteiger partial charge in [0.05, 0.1) is 6.04 Å². The summed E-state index contributed by atoms with van der Waals surface area (Å²) in [6.45, 7) is 4.68. The Morgan fingerprint density at radius 3 is 2.20 bits per heavy atom. The van der Waals surface area contributed by atoms with Gasteiger partial charge in [0.1, 0.15) is 18.2 Å². The minimum absolute atomic E-state index is 0.110. The van der Waals surface area contributed by atoms with Crippen molar-refractivity contribution < 1.29 is 9.13 Å². The number of rotatable bonds is 5. The molecule has 0 spiro atoms. The summed E-state index contributed by atoms with van der Waals surface area (Å²) in [5.41, 5.74) is 3.68. The van der Waals surface area contributed by atoms with Crippen molar-refractivity contribution in [3.8, 4) is 5.75 Å². The fraction of sp³-hybridized carbons (Fsp3) is 0.294. The van der Waals surface area contributed by atoms with Gasteiger partial charge in [0.15, 0.2) is 0 Å². The Morgan fingerprint density at radius 2 is 1.65 bits per heavy atom. The van der Waals surface area contributed by atoms with Gasteiger partial charge in [-0.1, -0.05) is 29.3 Å². The van der Waals surface area contributed by atoms with E-state index in [1.165, 1.54) is 28.8 Å². The Kier molecular flexibility index (Phi) is 4.74. The zero-order chi connectivity index (χ0) is 14.5. The van der Waals surface area contributed by atoms with Crippen LogP contribution in [0.15, 0.2) is 42.5 Å². The van der Waals surface area contributed by atoms with Gasteiger partial charge in [-0.15, -0.1) is 0 Å². The smallest absolute Gasteiger partial charge is 0.123 e. The second-order valence-corrected chi connectivity index (χ2v) is 5.03. The van der Waals surface area contributed by atoms with Crippen LogP contribution in [0.25, 0.3) is 0 Å². The molecule has 2 nitrogen and oxygen atoms in total. The number of benzene rings is 2. The average Bonchev–Trinajstić information content (AvgIpc) is 2.40. The lowest BCUT2D eigenvalue weighted by Gasteiger charge is -2.18. The van der Waals surface area contributed by atoms with E-state index in [9.17, 15) is 4.39 Å². The van der Waals surface area contributed by atoms with Crippen LogP contribution in [0.4, 0.5) is 4.39 Å². The fourth-order valence-electron chi connectivity index (χ4n) is 2.27. The zero-order valence-electron chi connectivity index (χ0n) is 12.1. The number of ether oxygens (including phenoxy) is 1. The zero-order valence-corrected chi connectivity index (χ0v) is 12.1. The van der Waals surface area contributed by atoms with Gasteiger partial charge in [0, 0.05) is 0 Å². The molecule has 0 fully saturated rings. The second-order valence-electron chi connectivity index (χ2n) is 5.03. The van der Waals surface area contributed by atoms with Crippen molar-refractivity contribution in [2.75, 3.05) is 13.7 Å². The number of likely N-dealkylation sites (N-methyl/N-ethyl adjacent to an activating group) is 1. The molecule has 0 radical (unpaired) electrons. The average molecular weight is 273 g/mol. The van der Waals surface area contributed by atoms with Gasteiger partial charge in [-0.3, -0.25) is 0 Å². The van der Waals surface area contributed by atoms with Crippen molar-refractivity contribution in [1.82, 2.24) is 5.32 Å². The molecule has 1 atom stereocenters. The van der Waals surface area contributed by atoms with Crippen LogP contribution in [0, 0.1) is 19.7 Å². The lowest BCUT2D eigenvalue weighted by Crippen LogP contribution is -2.23. The quantitative estimate of drug-likeness (QED) is 0.895. The van der Waals surface area contributed by atoms with Crippen molar-refractivity contribution in [2.45, 2.75) is 19.9 Å². The molecule has 0 saturated carbocycles. The maximum absolute atomic E-state index is 12.8. The Labute approximate surface area is 119 Å². The molecule has 2 rings (SSSR count). The van der Waals surface area contributed by atoms with Crippen LogP contribution in [-0.4, -0.2) is 13.7 Å². The molecule has 2 aromatic rings. The van der Waals surface area contributed by atoms with Crippen LogP contribution in [0.3, 0.4) is 0 Å². The second kappa shape index (κ2) is 6.53. The van der Waals surface area contributed by atoms with Gasteiger partial charge in [-0.2, -0.15) is 0 Å². The van der Waals surface area contributed by atoms with Crippen molar-refractivity contribution >= 4 is 0 Å². The minimum atomic E-state index is -0.253. The number of halogens is 1. The molecule has 0 aromatic heterocycles. The van der Waals surface area contributed by atoms with E-state index in [0.29, 0.717) is 12.4 Å². The van der Waals surface area contributed by atoms with E-state index < -0.39 is 0 Å². The fourth-order valence-corrected chi connectivity index (χ4v) is 2.27. The third-order valence-corrected chi connectivity index (χ3v) is 3.23. The van der Waals surface area contributed by atoms with E-state index in [1.807, 2.05) is 7.05 Å². The molecular formula is C17H20FNO. The first-order chi connectivity index (χ1) is 9.58. The molecule has 0 bridgehead atoms. The van der Waals surface area contributed by atoms with E-state index in [0.717, 1.165) is 0 Å². The van der Waals surface area contributed by atoms with Crippen molar-refractivity contribution in [2.24, 2.45) is 0 Å². The highest BCUT2D eigenvalue weighted by Crippen LogP contribution is 2.19. The molecule has 0 heterocycles. The normalized spacial score (nSPS) is 12.2. The summed E-state index contributed by atoms with van der Waals surface area (Å²) >= 11 is 0. The highest BCUT2D eigenvalue weighted by atomic mass is 19.1. The summed E-state index contributed by atoms with van der Waals surface area (Å²) in [4.78, 5) is 0. The highest BCUT2D eigenvalue weighted by Gasteiger charge is 2.11. The topological polar surface area (TPSA) is 21.3 Å². The molecule has 20 heavy (non-hydrogen) atoms. The van der Waals surface area contributed by atoms with Gasteiger partial charge in [0.2, 0.25) is 0 Å². The molecule has 106 valence electrons. The van der Waals surface area contributed by atoms with Crippen LogP contribution in [0.1, 0.15) is 22.7 Å². The van der Waals surface area contributed by atoms with E-state index in [4.69, 9.17) is 4.74 Å². The van der Waals surface area contributed by atoms with Crippen molar-refractivity contribution in [1.29, 1.82) is 0 Å². The minimum Gasteiger partial charge on any atom is -0.492 e. The molecule has 3 heteroatoms. The predicted molar refractivity (Wildman–Crippen MR) is 79.6 cm³/mol. The van der Waals surface area contributed by atoms with Gasteiger partial charge >= 0.3 is 0 Å². The molecule has 0 saturated heterocycles. The molecule has 0 aliphatic heterocycles. The maximum Gasteiger partial charge on any atom is 0.123 e. The molecule has 2 aromatic carbocycles.